The van der Waals surface area contributed by atoms with E-state index in [2.05, 4.69) is 21.3 Å². The molecule has 7 nitrogen and oxygen atoms in total. The van der Waals surface area contributed by atoms with Gasteiger partial charge in [0.1, 0.15) is 5.82 Å². The van der Waals surface area contributed by atoms with Crippen molar-refractivity contribution in [3.8, 4) is 11.4 Å². The first-order valence-corrected chi connectivity index (χ1v) is 8.10. The number of aliphatic carboxylic acids is 1. The molecule has 0 radical (unpaired) electrons. The van der Waals surface area contributed by atoms with Crippen LogP contribution in [-0.4, -0.2) is 35.6 Å². The molecule has 0 spiro atoms. The first-order chi connectivity index (χ1) is 11.5. The first-order valence-electron chi connectivity index (χ1n) is 6.56. The second kappa shape index (κ2) is 8.44. The highest BCUT2D eigenvalue weighted by Crippen LogP contribution is 2.16. The third-order valence-electron chi connectivity index (χ3n) is 2.64. The Kier molecular flexibility index (Phi) is 6.88. The zero-order valence-electron chi connectivity index (χ0n) is 12.6. The summed E-state index contributed by atoms with van der Waals surface area (Å²) < 4.78 is 56.6. The highest BCUT2D eigenvalue weighted by atomic mass is 32.2. The van der Waals surface area contributed by atoms with Crippen molar-refractivity contribution in [3.63, 3.8) is 0 Å². The standard InChI is InChI=1S/C12H13N3O2S.C2HF3O2/c1-2-18(16,17)15-9-10-4-3-5-11(8-10)12-13-6-7-14-12;3-2(4,5)1(6)7/h2-8,15H,1,9H2,(H,13,14);(H,6,7). The SMILES string of the molecule is C=CS(=O)(=O)NCc1cccc(-c2ncc[nH]2)c1.O=C(O)C(F)(F)F. The molecule has 25 heavy (non-hydrogen) atoms. The number of hydrogen-bond donors (Lipinski definition) is 3. The number of benzene rings is 1. The van der Waals surface area contributed by atoms with Crippen LogP contribution in [0.4, 0.5) is 13.2 Å². The van der Waals surface area contributed by atoms with Crippen LogP contribution in [0, 0.1) is 0 Å². The third-order valence-corrected chi connectivity index (χ3v) is 3.62. The molecule has 0 atom stereocenters. The maximum Gasteiger partial charge on any atom is 0.490 e. The Bertz CT molecular complexity index is 818. The van der Waals surface area contributed by atoms with Crippen LogP contribution >= 0.6 is 0 Å². The molecule has 2 rings (SSSR count). The van der Waals surface area contributed by atoms with Crippen LogP contribution in [0.1, 0.15) is 5.56 Å². The highest BCUT2D eigenvalue weighted by molar-refractivity contribution is 7.92. The number of H-pyrrole nitrogens is 1. The molecule has 0 aliphatic carbocycles. The van der Waals surface area contributed by atoms with Crippen LogP contribution in [-0.2, 0) is 21.4 Å². The van der Waals surface area contributed by atoms with Gasteiger partial charge in [-0.05, 0) is 11.6 Å². The van der Waals surface area contributed by atoms with Gasteiger partial charge in [0.15, 0.2) is 0 Å². The predicted molar refractivity (Wildman–Crippen MR) is 83.7 cm³/mol. The fraction of sp³-hybridized carbons (Fsp3) is 0.143. The van der Waals surface area contributed by atoms with Crippen LogP contribution < -0.4 is 4.72 Å². The molecular formula is C14H14F3N3O4S. The van der Waals surface area contributed by atoms with Crippen molar-refractivity contribution >= 4 is 16.0 Å². The number of halogens is 3. The van der Waals surface area contributed by atoms with Crippen molar-refractivity contribution in [3.05, 3.63) is 54.2 Å². The Balaban J connectivity index is 0.000000381. The molecule has 1 heterocycles. The smallest absolute Gasteiger partial charge is 0.475 e. The van der Waals surface area contributed by atoms with Gasteiger partial charge < -0.3 is 10.1 Å². The van der Waals surface area contributed by atoms with E-state index in [1.807, 2.05) is 24.3 Å². The minimum Gasteiger partial charge on any atom is -0.475 e. The van der Waals surface area contributed by atoms with E-state index in [4.69, 9.17) is 9.90 Å². The van der Waals surface area contributed by atoms with Gasteiger partial charge in [-0.15, -0.1) is 0 Å². The maximum atomic E-state index is 11.2. The lowest BCUT2D eigenvalue weighted by Gasteiger charge is -2.04. The minimum absolute atomic E-state index is 0.225. The van der Waals surface area contributed by atoms with E-state index in [0.29, 0.717) is 0 Å². The van der Waals surface area contributed by atoms with Gasteiger partial charge in [0.05, 0.1) is 0 Å². The van der Waals surface area contributed by atoms with Crippen molar-refractivity contribution < 1.29 is 31.5 Å². The largest absolute Gasteiger partial charge is 0.490 e. The normalized spacial score (nSPS) is 11.3. The summed E-state index contributed by atoms with van der Waals surface area (Å²) in [7, 11) is -3.39. The second-order valence-corrected chi connectivity index (χ2v) is 6.19. The predicted octanol–water partition coefficient (Wildman–Crippen LogP) is 2.27. The Morgan fingerprint density at radius 1 is 1.40 bits per heavy atom. The minimum atomic E-state index is -5.08. The summed E-state index contributed by atoms with van der Waals surface area (Å²) in [6.07, 6.45) is -1.68. The number of alkyl halides is 3. The molecule has 0 aliphatic rings. The number of aromatic nitrogens is 2. The van der Waals surface area contributed by atoms with Gasteiger partial charge in [0, 0.05) is 29.9 Å². The Labute approximate surface area is 141 Å². The number of carboxylic acids is 1. The molecule has 0 unspecified atom stereocenters. The van der Waals surface area contributed by atoms with E-state index in [9.17, 15) is 21.6 Å². The molecule has 0 amide bonds. The summed E-state index contributed by atoms with van der Waals surface area (Å²) in [6, 6.07) is 7.49. The molecule has 1 aromatic heterocycles. The molecule has 0 bridgehead atoms. The van der Waals surface area contributed by atoms with E-state index in [1.54, 1.807) is 12.4 Å². The van der Waals surface area contributed by atoms with Crippen LogP contribution in [0.25, 0.3) is 11.4 Å². The second-order valence-electron chi connectivity index (χ2n) is 4.47. The topological polar surface area (TPSA) is 112 Å². The number of sulfonamides is 1. The van der Waals surface area contributed by atoms with Crippen LogP contribution in [0.2, 0.25) is 0 Å². The Morgan fingerprint density at radius 2 is 2.04 bits per heavy atom. The number of carboxylic acid groups (broad SMARTS) is 1. The summed E-state index contributed by atoms with van der Waals surface area (Å²) in [6.45, 7) is 3.46. The van der Waals surface area contributed by atoms with Crippen LogP contribution in [0.15, 0.2) is 48.6 Å². The van der Waals surface area contributed by atoms with Gasteiger partial charge in [-0.2, -0.15) is 13.2 Å². The molecule has 0 aliphatic heterocycles. The third kappa shape index (κ3) is 7.18. The number of carbonyl (C=O) groups is 1. The zero-order valence-corrected chi connectivity index (χ0v) is 13.4. The molecule has 0 saturated carbocycles. The molecule has 136 valence electrons. The lowest BCUT2D eigenvalue weighted by Crippen LogP contribution is -2.21. The van der Waals surface area contributed by atoms with Crippen molar-refractivity contribution in [2.75, 3.05) is 0 Å². The van der Waals surface area contributed by atoms with Crippen molar-refractivity contribution in [1.29, 1.82) is 0 Å². The molecule has 0 saturated heterocycles. The quantitative estimate of drug-likeness (QED) is 0.740. The fourth-order valence-corrected chi connectivity index (χ4v) is 1.98. The summed E-state index contributed by atoms with van der Waals surface area (Å²) in [5.41, 5.74) is 1.77. The number of nitrogens with one attached hydrogen (secondary N) is 2. The van der Waals surface area contributed by atoms with Gasteiger partial charge in [-0.1, -0.05) is 24.8 Å². The van der Waals surface area contributed by atoms with E-state index in [1.165, 1.54) is 0 Å². The average Bonchev–Trinajstić information content (AvgIpc) is 3.07. The van der Waals surface area contributed by atoms with Gasteiger partial charge >= 0.3 is 12.1 Å². The molecule has 1 aromatic carbocycles. The zero-order chi connectivity index (χ0) is 19.1. The van der Waals surface area contributed by atoms with Crippen molar-refractivity contribution in [2.24, 2.45) is 0 Å². The Hall–Kier alpha value is -2.66. The monoisotopic (exact) mass is 377 g/mol. The number of rotatable bonds is 5. The van der Waals surface area contributed by atoms with E-state index < -0.39 is 22.2 Å². The molecular weight excluding hydrogens is 363 g/mol. The molecule has 3 N–H and O–H groups in total. The average molecular weight is 377 g/mol. The van der Waals surface area contributed by atoms with Gasteiger partial charge in [-0.25, -0.2) is 22.9 Å². The summed E-state index contributed by atoms with van der Waals surface area (Å²) in [4.78, 5) is 16.0. The van der Waals surface area contributed by atoms with Gasteiger partial charge in [-0.3, -0.25) is 0 Å². The van der Waals surface area contributed by atoms with E-state index in [-0.39, 0.29) is 6.54 Å². The fourth-order valence-electron chi connectivity index (χ4n) is 1.49. The number of hydrogen-bond acceptors (Lipinski definition) is 4. The Morgan fingerprint density at radius 3 is 2.52 bits per heavy atom. The van der Waals surface area contributed by atoms with Crippen molar-refractivity contribution in [1.82, 2.24) is 14.7 Å². The number of imidazole rings is 1. The van der Waals surface area contributed by atoms with E-state index in [0.717, 1.165) is 22.4 Å². The lowest BCUT2D eigenvalue weighted by molar-refractivity contribution is -0.192. The van der Waals surface area contributed by atoms with Crippen LogP contribution in [0.5, 0.6) is 0 Å². The summed E-state index contributed by atoms with van der Waals surface area (Å²) in [5, 5.41) is 8.02. The van der Waals surface area contributed by atoms with Gasteiger partial charge in [0.25, 0.3) is 0 Å². The molecule has 11 heteroatoms. The summed E-state index contributed by atoms with van der Waals surface area (Å²) in [5.74, 6) is -2.00. The number of nitrogens with zero attached hydrogens (tertiary/aromatic N) is 1. The van der Waals surface area contributed by atoms with Gasteiger partial charge in [0.2, 0.25) is 10.0 Å². The summed E-state index contributed by atoms with van der Waals surface area (Å²) >= 11 is 0. The maximum absolute atomic E-state index is 11.2. The highest BCUT2D eigenvalue weighted by Gasteiger charge is 2.38. The molecule has 0 fully saturated rings. The van der Waals surface area contributed by atoms with Crippen molar-refractivity contribution in [2.45, 2.75) is 12.7 Å². The lowest BCUT2D eigenvalue weighted by atomic mass is 10.1. The van der Waals surface area contributed by atoms with E-state index >= 15 is 0 Å². The molecule has 2 aromatic rings. The number of aromatic amines is 1. The van der Waals surface area contributed by atoms with Crippen LogP contribution in [0.3, 0.4) is 0 Å². The first kappa shape index (κ1) is 20.4.